The fourth-order valence-electron chi connectivity index (χ4n) is 1.51. The SMILES string of the molecule is O=C(O)c1cc(I)ccc1Oc1c(Br)cncc1[N+](=O)[O-]. The second kappa shape index (κ2) is 6.35. The number of pyridine rings is 1. The number of hydrogen-bond acceptors (Lipinski definition) is 5. The molecule has 2 rings (SSSR count). The molecule has 0 aliphatic heterocycles. The lowest BCUT2D eigenvalue weighted by Crippen LogP contribution is -2.02. The van der Waals surface area contributed by atoms with Crippen LogP contribution < -0.4 is 4.74 Å². The van der Waals surface area contributed by atoms with Crippen LogP contribution in [-0.4, -0.2) is 21.0 Å². The van der Waals surface area contributed by atoms with E-state index in [9.17, 15) is 20.0 Å². The Morgan fingerprint density at radius 3 is 2.76 bits per heavy atom. The Kier molecular flexibility index (Phi) is 4.73. The third kappa shape index (κ3) is 3.47. The fraction of sp³-hybridized carbons (Fsp3) is 0. The molecule has 0 radical (unpaired) electrons. The van der Waals surface area contributed by atoms with Crippen LogP contribution in [0.25, 0.3) is 0 Å². The quantitative estimate of drug-likeness (QED) is 0.419. The first-order valence-electron chi connectivity index (χ1n) is 5.38. The number of benzene rings is 1. The normalized spacial score (nSPS) is 10.2. The summed E-state index contributed by atoms with van der Waals surface area (Å²) in [5, 5.41) is 20.2. The zero-order chi connectivity index (χ0) is 15.6. The van der Waals surface area contributed by atoms with Gasteiger partial charge in [0.2, 0.25) is 5.75 Å². The van der Waals surface area contributed by atoms with Gasteiger partial charge in [-0.15, -0.1) is 0 Å². The number of nitrogens with zero attached hydrogens (tertiary/aromatic N) is 2. The first kappa shape index (κ1) is 15.6. The molecule has 1 aromatic carbocycles. The fourth-order valence-corrected chi connectivity index (χ4v) is 2.41. The van der Waals surface area contributed by atoms with Gasteiger partial charge < -0.3 is 9.84 Å². The standard InChI is InChI=1S/C12H6BrIN2O5/c13-8-4-15-5-9(16(19)20)11(8)21-10-2-1-6(14)3-7(10)12(17)18/h1-5H,(H,17,18). The Hall–Kier alpha value is -1.75. The van der Waals surface area contributed by atoms with E-state index in [0.717, 1.165) is 6.20 Å². The molecule has 0 bridgehead atoms. The van der Waals surface area contributed by atoms with Crippen molar-refractivity contribution in [2.75, 3.05) is 0 Å². The Balaban J connectivity index is 2.53. The van der Waals surface area contributed by atoms with Crippen LogP contribution in [0.1, 0.15) is 10.4 Å². The number of aromatic carboxylic acids is 1. The van der Waals surface area contributed by atoms with E-state index in [1.54, 1.807) is 6.07 Å². The van der Waals surface area contributed by atoms with Crippen molar-refractivity contribution in [1.82, 2.24) is 4.98 Å². The first-order chi connectivity index (χ1) is 9.90. The van der Waals surface area contributed by atoms with Crippen LogP contribution in [0.15, 0.2) is 35.1 Å². The van der Waals surface area contributed by atoms with Crippen LogP contribution in [0.4, 0.5) is 5.69 Å². The van der Waals surface area contributed by atoms with Gasteiger partial charge >= 0.3 is 11.7 Å². The van der Waals surface area contributed by atoms with Crippen molar-refractivity contribution >= 4 is 50.2 Å². The van der Waals surface area contributed by atoms with E-state index >= 15 is 0 Å². The topological polar surface area (TPSA) is 103 Å². The minimum atomic E-state index is -1.18. The van der Waals surface area contributed by atoms with Crippen LogP contribution in [-0.2, 0) is 0 Å². The number of aromatic nitrogens is 1. The summed E-state index contributed by atoms with van der Waals surface area (Å²) in [6.07, 6.45) is 2.36. The molecule has 0 saturated heterocycles. The first-order valence-corrected chi connectivity index (χ1v) is 7.26. The molecule has 0 saturated carbocycles. The van der Waals surface area contributed by atoms with Gasteiger partial charge in [0.25, 0.3) is 0 Å². The maximum absolute atomic E-state index is 11.2. The lowest BCUT2D eigenvalue weighted by molar-refractivity contribution is -0.386. The molecule has 21 heavy (non-hydrogen) atoms. The van der Waals surface area contributed by atoms with Gasteiger partial charge in [-0.1, -0.05) is 0 Å². The Morgan fingerprint density at radius 1 is 1.43 bits per heavy atom. The minimum absolute atomic E-state index is 0.0120. The number of carboxylic acids is 1. The molecule has 0 fully saturated rings. The molecule has 0 atom stereocenters. The van der Waals surface area contributed by atoms with Gasteiger partial charge in [0, 0.05) is 9.77 Å². The van der Waals surface area contributed by atoms with E-state index in [2.05, 4.69) is 20.9 Å². The lowest BCUT2D eigenvalue weighted by atomic mass is 10.2. The van der Waals surface area contributed by atoms with Crippen molar-refractivity contribution in [3.63, 3.8) is 0 Å². The highest BCUT2D eigenvalue weighted by Gasteiger charge is 2.22. The number of carboxylic acid groups (broad SMARTS) is 1. The average Bonchev–Trinajstić information content (AvgIpc) is 2.42. The molecule has 0 amide bonds. The number of hydrogen-bond donors (Lipinski definition) is 1. The molecular weight excluding hydrogens is 459 g/mol. The molecule has 108 valence electrons. The molecule has 0 spiro atoms. The highest BCUT2D eigenvalue weighted by molar-refractivity contribution is 14.1. The summed E-state index contributed by atoms with van der Waals surface area (Å²) in [5.74, 6) is -1.27. The summed E-state index contributed by atoms with van der Waals surface area (Å²) in [6, 6.07) is 4.50. The number of carbonyl (C=O) groups is 1. The zero-order valence-electron chi connectivity index (χ0n) is 10.1. The van der Waals surface area contributed by atoms with Crippen LogP contribution >= 0.6 is 38.5 Å². The summed E-state index contributed by atoms with van der Waals surface area (Å²) in [4.78, 5) is 25.3. The molecule has 0 unspecified atom stereocenters. The predicted octanol–water partition coefficient (Wildman–Crippen LogP) is 3.85. The largest absolute Gasteiger partial charge is 0.478 e. The lowest BCUT2D eigenvalue weighted by Gasteiger charge is -2.10. The van der Waals surface area contributed by atoms with Crippen LogP contribution in [0.3, 0.4) is 0 Å². The zero-order valence-corrected chi connectivity index (χ0v) is 13.9. The van der Waals surface area contributed by atoms with Crippen molar-refractivity contribution < 1.29 is 19.6 Å². The van der Waals surface area contributed by atoms with Crippen molar-refractivity contribution in [2.45, 2.75) is 0 Å². The smallest absolute Gasteiger partial charge is 0.339 e. The van der Waals surface area contributed by atoms with Gasteiger partial charge in [0.05, 0.1) is 9.40 Å². The molecule has 0 aliphatic rings. The van der Waals surface area contributed by atoms with Crippen LogP contribution in [0.5, 0.6) is 11.5 Å². The average molecular weight is 465 g/mol. The van der Waals surface area contributed by atoms with Crippen LogP contribution in [0.2, 0.25) is 0 Å². The van der Waals surface area contributed by atoms with Gasteiger partial charge in [-0.05, 0) is 56.7 Å². The third-order valence-corrected chi connectivity index (χ3v) is 3.65. The summed E-state index contributed by atoms with van der Waals surface area (Å²) >= 11 is 5.07. The van der Waals surface area contributed by atoms with Gasteiger partial charge in [-0.3, -0.25) is 15.1 Å². The van der Waals surface area contributed by atoms with E-state index < -0.39 is 10.9 Å². The molecule has 7 nitrogen and oxygen atoms in total. The predicted molar refractivity (Wildman–Crippen MR) is 84.8 cm³/mol. The van der Waals surface area contributed by atoms with Crippen molar-refractivity contribution in [2.24, 2.45) is 0 Å². The van der Waals surface area contributed by atoms with E-state index in [-0.39, 0.29) is 27.2 Å². The van der Waals surface area contributed by atoms with Gasteiger partial charge in [0.1, 0.15) is 17.5 Å². The Labute approximate surface area is 140 Å². The summed E-state index contributed by atoms with van der Waals surface area (Å²) < 4.78 is 6.40. The maximum atomic E-state index is 11.2. The van der Waals surface area contributed by atoms with E-state index in [4.69, 9.17) is 4.74 Å². The summed E-state index contributed by atoms with van der Waals surface area (Å²) in [6.45, 7) is 0. The monoisotopic (exact) mass is 464 g/mol. The van der Waals surface area contributed by atoms with E-state index in [1.165, 1.54) is 18.3 Å². The van der Waals surface area contributed by atoms with E-state index in [0.29, 0.717) is 3.57 Å². The highest BCUT2D eigenvalue weighted by Crippen LogP contribution is 2.38. The minimum Gasteiger partial charge on any atom is -0.478 e. The molecule has 1 aromatic heterocycles. The van der Waals surface area contributed by atoms with Crippen molar-refractivity contribution in [3.8, 4) is 11.5 Å². The van der Waals surface area contributed by atoms with Gasteiger partial charge in [0.15, 0.2) is 0 Å². The molecule has 2 aromatic rings. The van der Waals surface area contributed by atoms with Crippen LogP contribution in [0, 0.1) is 13.7 Å². The van der Waals surface area contributed by atoms with Gasteiger partial charge in [-0.25, -0.2) is 4.79 Å². The maximum Gasteiger partial charge on any atom is 0.339 e. The molecule has 1 N–H and O–H groups in total. The number of rotatable bonds is 4. The second-order valence-corrected chi connectivity index (χ2v) is 5.87. The van der Waals surface area contributed by atoms with E-state index in [1.807, 2.05) is 22.6 Å². The molecule has 9 heteroatoms. The number of halogens is 2. The van der Waals surface area contributed by atoms with Crippen molar-refractivity contribution in [1.29, 1.82) is 0 Å². The molecule has 1 heterocycles. The molecule has 0 aliphatic carbocycles. The van der Waals surface area contributed by atoms with Crippen molar-refractivity contribution in [3.05, 3.63) is 54.3 Å². The second-order valence-electron chi connectivity index (χ2n) is 3.77. The molecular formula is C12H6BrIN2O5. The Bertz CT molecular complexity index is 738. The third-order valence-electron chi connectivity index (χ3n) is 2.41. The highest BCUT2D eigenvalue weighted by atomic mass is 127. The number of ether oxygens (including phenoxy) is 1. The number of nitro groups is 1. The Morgan fingerprint density at radius 2 is 2.14 bits per heavy atom. The van der Waals surface area contributed by atoms with Gasteiger partial charge in [-0.2, -0.15) is 0 Å². The summed E-state index contributed by atoms with van der Waals surface area (Å²) in [5.41, 5.74) is -0.445. The summed E-state index contributed by atoms with van der Waals surface area (Å²) in [7, 11) is 0.